The van der Waals surface area contributed by atoms with Gasteiger partial charge in [0.2, 0.25) is 0 Å². The fourth-order valence-corrected chi connectivity index (χ4v) is 1.86. The predicted octanol–water partition coefficient (Wildman–Crippen LogP) is 1.45. The molecular formula is C14H14N2O4. The molecule has 2 N–H and O–H groups in total. The first kappa shape index (κ1) is 13.8. The Hall–Kier alpha value is -2.63. The van der Waals surface area contributed by atoms with Crippen molar-refractivity contribution in [1.82, 2.24) is 10.3 Å². The first-order chi connectivity index (χ1) is 9.54. The number of rotatable bonds is 4. The van der Waals surface area contributed by atoms with Gasteiger partial charge < -0.3 is 15.2 Å². The molecule has 104 valence electrons. The van der Waals surface area contributed by atoms with E-state index in [-0.39, 0.29) is 5.69 Å². The van der Waals surface area contributed by atoms with Crippen LogP contribution < -0.4 is 10.1 Å². The van der Waals surface area contributed by atoms with Gasteiger partial charge in [-0.1, -0.05) is 12.1 Å². The second-order valence-corrected chi connectivity index (χ2v) is 4.25. The minimum absolute atomic E-state index is 0.175. The summed E-state index contributed by atoms with van der Waals surface area (Å²) >= 11 is 0. The Labute approximate surface area is 115 Å². The molecule has 0 aliphatic carbocycles. The highest BCUT2D eigenvalue weighted by Crippen LogP contribution is 2.26. The number of aliphatic carboxylic acids is 1. The van der Waals surface area contributed by atoms with E-state index in [0.29, 0.717) is 11.1 Å². The monoisotopic (exact) mass is 274 g/mol. The van der Waals surface area contributed by atoms with Gasteiger partial charge in [-0.25, -0.2) is 0 Å². The zero-order valence-corrected chi connectivity index (χ0v) is 11.1. The van der Waals surface area contributed by atoms with Crippen LogP contribution in [0.1, 0.15) is 17.4 Å². The van der Waals surface area contributed by atoms with Gasteiger partial charge in [0.1, 0.15) is 17.5 Å². The van der Waals surface area contributed by atoms with E-state index < -0.39 is 17.9 Å². The number of carboxylic acid groups (broad SMARTS) is 1. The summed E-state index contributed by atoms with van der Waals surface area (Å²) in [4.78, 5) is 26.9. The van der Waals surface area contributed by atoms with Crippen LogP contribution >= 0.6 is 0 Å². The van der Waals surface area contributed by atoms with Crippen LogP contribution in [0.15, 0.2) is 30.5 Å². The van der Waals surface area contributed by atoms with Crippen LogP contribution in [-0.4, -0.2) is 35.1 Å². The van der Waals surface area contributed by atoms with Crippen LogP contribution in [0.4, 0.5) is 0 Å². The lowest BCUT2D eigenvalue weighted by Gasteiger charge is -2.11. The quantitative estimate of drug-likeness (QED) is 0.880. The number of pyridine rings is 1. The second kappa shape index (κ2) is 5.56. The molecule has 2 rings (SSSR count). The third kappa shape index (κ3) is 2.54. The molecule has 1 atom stereocenters. The van der Waals surface area contributed by atoms with E-state index in [1.54, 1.807) is 31.4 Å². The van der Waals surface area contributed by atoms with Gasteiger partial charge >= 0.3 is 5.97 Å². The Kier molecular flexibility index (Phi) is 3.84. The van der Waals surface area contributed by atoms with E-state index in [4.69, 9.17) is 9.84 Å². The fourth-order valence-electron chi connectivity index (χ4n) is 1.86. The van der Waals surface area contributed by atoms with Crippen molar-refractivity contribution < 1.29 is 19.4 Å². The zero-order chi connectivity index (χ0) is 14.7. The number of nitrogens with zero attached hydrogens (tertiary/aromatic N) is 1. The molecule has 1 aromatic carbocycles. The highest BCUT2D eigenvalue weighted by atomic mass is 16.5. The Bertz CT molecular complexity index is 669. The standard InChI is InChI=1S/C14H14N2O4/c1-8(14(18)19)16-13(17)12-10-4-3-5-11(20-2)9(10)6-7-15-12/h3-8H,1-2H3,(H,16,17)(H,18,19). The number of hydrogen-bond acceptors (Lipinski definition) is 4. The number of nitrogens with one attached hydrogen (secondary N) is 1. The topological polar surface area (TPSA) is 88.5 Å². The molecule has 6 nitrogen and oxygen atoms in total. The zero-order valence-electron chi connectivity index (χ0n) is 11.1. The molecule has 0 saturated heterocycles. The lowest BCUT2D eigenvalue weighted by atomic mass is 10.1. The summed E-state index contributed by atoms with van der Waals surface area (Å²) in [7, 11) is 1.54. The number of carbonyl (C=O) groups excluding carboxylic acids is 1. The number of carboxylic acids is 1. The van der Waals surface area contributed by atoms with Crippen LogP contribution in [0, 0.1) is 0 Å². The molecule has 1 heterocycles. The number of carbonyl (C=O) groups is 2. The molecule has 6 heteroatoms. The largest absolute Gasteiger partial charge is 0.496 e. The van der Waals surface area contributed by atoms with Gasteiger partial charge in [-0.2, -0.15) is 0 Å². The number of hydrogen-bond donors (Lipinski definition) is 2. The summed E-state index contributed by atoms with van der Waals surface area (Å²) < 4.78 is 5.23. The fraction of sp³-hybridized carbons (Fsp3) is 0.214. The molecule has 1 amide bonds. The molecule has 2 aromatic rings. The van der Waals surface area contributed by atoms with Crippen molar-refractivity contribution >= 4 is 22.6 Å². The van der Waals surface area contributed by atoms with Gasteiger partial charge in [0.25, 0.3) is 5.91 Å². The van der Waals surface area contributed by atoms with Crippen molar-refractivity contribution in [3.05, 3.63) is 36.2 Å². The molecule has 0 spiro atoms. The maximum Gasteiger partial charge on any atom is 0.325 e. The van der Waals surface area contributed by atoms with Crippen molar-refractivity contribution in [2.75, 3.05) is 7.11 Å². The minimum Gasteiger partial charge on any atom is -0.496 e. The van der Waals surface area contributed by atoms with Crippen LogP contribution in [0.25, 0.3) is 10.8 Å². The molecule has 20 heavy (non-hydrogen) atoms. The van der Waals surface area contributed by atoms with Gasteiger partial charge in [-0.15, -0.1) is 0 Å². The van der Waals surface area contributed by atoms with Crippen LogP contribution in [0.5, 0.6) is 5.75 Å². The summed E-state index contributed by atoms with van der Waals surface area (Å²) in [5.41, 5.74) is 0.175. The van der Waals surface area contributed by atoms with Crippen molar-refractivity contribution in [3.63, 3.8) is 0 Å². The lowest BCUT2D eigenvalue weighted by molar-refractivity contribution is -0.138. The van der Waals surface area contributed by atoms with E-state index in [9.17, 15) is 9.59 Å². The average molecular weight is 274 g/mol. The van der Waals surface area contributed by atoms with Gasteiger partial charge in [-0.3, -0.25) is 14.6 Å². The van der Waals surface area contributed by atoms with E-state index in [2.05, 4.69) is 10.3 Å². The summed E-state index contributed by atoms with van der Waals surface area (Å²) in [6, 6.07) is 6.03. The summed E-state index contributed by atoms with van der Waals surface area (Å²) in [5.74, 6) is -1.000. The summed E-state index contributed by atoms with van der Waals surface area (Å²) in [6.07, 6.45) is 1.49. The van der Waals surface area contributed by atoms with Crippen LogP contribution in [0.3, 0.4) is 0 Å². The third-order valence-electron chi connectivity index (χ3n) is 2.92. The van der Waals surface area contributed by atoms with Gasteiger partial charge in [0.15, 0.2) is 0 Å². The molecule has 0 fully saturated rings. The average Bonchev–Trinajstić information content (AvgIpc) is 2.45. The Balaban J connectivity index is 2.45. The minimum atomic E-state index is -1.10. The number of benzene rings is 1. The highest BCUT2D eigenvalue weighted by Gasteiger charge is 2.18. The Morgan fingerprint density at radius 2 is 2.05 bits per heavy atom. The number of amides is 1. The van der Waals surface area contributed by atoms with E-state index in [1.165, 1.54) is 13.1 Å². The molecule has 1 unspecified atom stereocenters. The first-order valence-electron chi connectivity index (χ1n) is 6.00. The maximum atomic E-state index is 12.1. The third-order valence-corrected chi connectivity index (χ3v) is 2.92. The highest BCUT2D eigenvalue weighted by molar-refractivity contribution is 6.07. The Morgan fingerprint density at radius 1 is 1.30 bits per heavy atom. The molecule has 0 bridgehead atoms. The molecule has 0 aliphatic heterocycles. The molecule has 0 aliphatic rings. The van der Waals surface area contributed by atoms with Crippen molar-refractivity contribution in [3.8, 4) is 5.75 Å². The van der Waals surface area contributed by atoms with Crippen LogP contribution in [0.2, 0.25) is 0 Å². The first-order valence-corrected chi connectivity index (χ1v) is 6.00. The van der Waals surface area contributed by atoms with Crippen molar-refractivity contribution in [2.24, 2.45) is 0 Å². The molecule has 0 radical (unpaired) electrons. The number of ether oxygens (including phenoxy) is 1. The SMILES string of the molecule is COc1cccc2c(C(=O)NC(C)C(=O)O)nccc12. The second-order valence-electron chi connectivity index (χ2n) is 4.25. The Morgan fingerprint density at radius 3 is 2.70 bits per heavy atom. The van der Waals surface area contributed by atoms with Crippen LogP contribution in [-0.2, 0) is 4.79 Å². The lowest BCUT2D eigenvalue weighted by Crippen LogP contribution is -2.38. The smallest absolute Gasteiger partial charge is 0.325 e. The molecular weight excluding hydrogens is 260 g/mol. The maximum absolute atomic E-state index is 12.1. The number of fused-ring (bicyclic) bond motifs is 1. The van der Waals surface area contributed by atoms with E-state index in [0.717, 1.165) is 5.39 Å². The normalized spacial score (nSPS) is 11.9. The number of methoxy groups -OCH3 is 1. The van der Waals surface area contributed by atoms with Crippen molar-refractivity contribution in [2.45, 2.75) is 13.0 Å². The van der Waals surface area contributed by atoms with Crippen molar-refractivity contribution in [1.29, 1.82) is 0 Å². The van der Waals surface area contributed by atoms with Gasteiger partial charge in [0.05, 0.1) is 7.11 Å². The van der Waals surface area contributed by atoms with Gasteiger partial charge in [0, 0.05) is 17.0 Å². The van der Waals surface area contributed by atoms with E-state index >= 15 is 0 Å². The summed E-state index contributed by atoms with van der Waals surface area (Å²) in [6.45, 7) is 1.39. The molecule has 0 saturated carbocycles. The van der Waals surface area contributed by atoms with E-state index in [1.807, 2.05) is 0 Å². The summed E-state index contributed by atoms with van der Waals surface area (Å²) in [5, 5.41) is 12.6. The predicted molar refractivity (Wildman–Crippen MR) is 72.9 cm³/mol. The molecule has 1 aromatic heterocycles. The number of aromatic nitrogens is 1. The van der Waals surface area contributed by atoms with Gasteiger partial charge in [-0.05, 0) is 19.1 Å².